The van der Waals surface area contributed by atoms with Crippen molar-refractivity contribution in [2.24, 2.45) is 5.16 Å². The van der Waals surface area contributed by atoms with Crippen LogP contribution in [0.15, 0.2) is 53.9 Å². The standard InChI is InChI=1S/C22H24N4O2/c1-26(2)11-12-28-21-14-19(15-7-9-23-10-8-15)22(24-21)17-3-5-18-16(13-17)4-6-20(18)25-27/h3,5,7-10,13-14,24,27H,4,6,11-12H2,1-2H3/b25-20+. The number of nitrogens with one attached hydrogen (secondary N) is 1. The molecule has 1 aromatic carbocycles. The van der Waals surface area contributed by atoms with Crippen molar-refractivity contribution in [2.75, 3.05) is 27.2 Å². The van der Waals surface area contributed by atoms with Crippen LogP contribution in [-0.4, -0.2) is 53.0 Å². The lowest BCUT2D eigenvalue weighted by molar-refractivity contribution is 0.255. The summed E-state index contributed by atoms with van der Waals surface area (Å²) in [5.74, 6) is 0.752. The number of aryl methyl sites for hydroxylation is 1. The number of oxime groups is 1. The van der Waals surface area contributed by atoms with Crippen LogP contribution in [0.1, 0.15) is 17.5 Å². The summed E-state index contributed by atoms with van der Waals surface area (Å²) >= 11 is 0. The lowest BCUT2D eigenvalue weighted by atomic mass is 9.99. The molecule has 6 heteroatoms. The Labute approximate surface area is 164 Å². The van der Waals surface area contributed by atoms with Crippen LogP contribution in [0.5, 0.6) is 5.88 Å². The van der Waals surface area contributed by atoms with Gasteiger partial charge in [-0.1, -0.05) is 17.3 Å². The van der Waals surface area contributed by atoms with Gasteiger partial charge in [0.05, 0.1) is 11.4 Å². The number of H-pyrrole nitrogens is 1. The van der Waals surface area contributed by atoms with E-state index in [1.54, 1.807) is 12.4 Å². The second kappa shape index (κ2) is 7.86. The van der Waals surface area contributed by atoms with Gasteiger partial charge in [0.1, 0.15) is 6.61 Å². The average Bonchev–Trinajstić information content (AvgIpc) is 3.32. The first-order valence-corrected chi connectivity index (χ1v) is 9.41. The summed E-state index contributed by atoms with van der Waals surface area (Å²) in [6.45, 7) is 1.46. The van der Waals surface area contributed by atoms with Crippen molar-refractivity contribution in [3.63, 3.8) is 0 Å². The number of likely N-dealkylation sites (N-methyl/N-ethyl adjacent to an activating group) is 1. The summed E-state index contributed by atoms with van der Waals surface area (Å²) in [4.78, 5) is 9.67. The van der Waals surface area contributed by atoms with Gasteiger partial charge in [0.15, 0.2) is 5.88 Å². The monoisotopic (exact) mass is 376 g/mol. The summed E-state index contributed by atoms with van der Waals surface area (Å²) in [5.41, 5.74) is 7.27. The first-order valence-electron chi connectivity index (χ1n) is 9.41. The van der Waals surface area contributed by atoms with Crippen molar-refractivity contribution in [1.29, 1.82) is 0 Å². The highest BCUT2D eigenvalue weighted by atomic mass is 16.5. The normalized spacial score (nSPS) is 14.6. The molecule has 144 valence electrons. The van der Waals surface area contributed by atoms with Gasteiger partial charge in [0, 0.05) is 36.1 Å². The zero-order valence-corrected chi connectivity index (χ0v) is 16.1. The molecule has 2 aromatic heterocycles. The lowest BCUT2D eigenvalue weighted by Gasteiger charge is -2.09. The van der Waals surface area contributed by atoms with Crippen molar-refractivity contribution in [2.45, 2.75) is 12.8 Å². The van der Waals surface area contributed by atoms with E-state index in [-0.39, 0.29) is 0 Å². The van der Waals surface area contributed by atoms with Crippen LogP contribution >= 0.6 is 0 Å². The third kappa shape index (κ3) is 3.64. The van der Waals surface area contributed by atoms with Crippen molar-refractivity contribution in [3.8, 4) is 28.3 Å². The van der Waals surface area contributed by atoms with E-state index >= 15 is 0 Å². The Morgan fingerprint density at radius 2 is 1.89 bits per heavy atom. The summed E-state index contributed by atoms with van der Waals surface area (Å²) < 4.78 is 5.94. The van der Waals surface area contributed by atoms with E-state index in [1.807, 2.05) is 38.4 Å². The molecule has 0 bridgehead atoms. The molecule has 0 saturated heterocycles. The smallest absolute Gasteiger partial charge is 0.191 e. The number of aromatic nitrogens is 2. The molecule has 2 heterocycles. The van der Waals surface area contributed by atoms with E-state index < -0.39 is 0 Å². The third-order valence-corrected chi connectivity index (χ3v) is 5.04. The fourth-order valence-electron chi connectivity index (χ4n) is 3.56. The van der Waals surface area contributed by atoms with Crippen LogP contribution in [0.3, 0.4) is 0 Å². The van der Waals surface area contributed by atoms with Gasteiger partial charge >= 0.3 is 0 Å². The highest BCUT2D eigenvalue weighted by Crippen LogP contribution is 2.37. The molecule has 2 N–H and O–H groups in total. The molecule has 3 aromatic rings. The van der Waals surface area contributed by atoms with Crippen LogP contribution < -0.4 is 4.74 Å². The van der Waals surface area contributed by atoms with Crippen LogP contribution in [0.25, 0.3) is 22.4 Å². The zero-order chi connectivity index (χ0) is 19.5. The largest absolute Gasteiger partial charge is 0.478 e. The minimum Gasteiger partial charge on any atom is -0.478 e. The van der Waals surface area contributed by atoms with Crippen molar-refractivity contribution < 1.29 is 9.94 Å². The predicted octanol–water partition coefficient (Wildman–Crippen LogP) is 3.81. The Kier molecular flexibility index (Phi) is 5.12. The quantitative estimate of drug-likeness (QED) is 0.507. The molecule has 6 nitrogen and oxygen atoms in total. The van der Waals surface area contributed by atoms with E-state index in [9.17, 15) is 5.21 Å². The van der Waals surface area contributed by atoms with Crippen LogP contribution in [0, 0.1) is 0 Å². The number of nitrogens with zero attached hydrogens (tertiary/aromatic N) is 3. The first-order chi connectivity index (χ1) is 13.7. The summed E-state index contributed by atoms with van der Waals surface area (Å²) in [5, 5.41) is 12.6. The molecule has 0 atom stereocenters. The molecule has 1 aliphatic rings. The number of hydrogen-bond donors (Lipinski definition) is 2. The topological polar surface area (TPSA) is 73.7 Å². The molecule has 0 aliphatic heterocycles. The van der Waals surface area contributed by atoms with Gasteiger partial charge in [-0.25, -0.2) is 0 Å². The van der Waals surface area contributed by atoms with Crippen LogP contribution in [0.4, 0.5) is 0 Å². The highest BCUT2D eigenvalue weighted by molar-refractivity contribution is 6.04. The molecule has 28 heavy (non-hydrogen) atoms. The SMILES string of the molecule is CN(C)CCOc1cc(-c2ccncc2)c(-c2ccc3c(c2)CC/C3=N\O)[nH]1. The molecule has 1 aliphatic carbocycles. The minimum atomic E-state index is 0.614. The number of aromatic amines is 1. The molecule has 0 radical (unpaired) electrons. The molecular weight excluding hydrogens is 352 g/mol. The summed E-state index contributed by atoms with van der Waals surface area (Å²) in [6.07, 6.45) is 5.26. The Balaban J connectivity index is 1.72. The number of ether oxygens (including phenoxy) is 1. The number of rotatable bonds is 6. The Morgan fingerprint density at radius 1 is 1.07 bits per heavy atom. The minimum absolute atomic E-state index is 0.614. The molecule has 4 rings (SSSR count). The van der Waals surface area contributed by atoms with E-state index in [4.69, 9.17) is 4.74 Å². The van der Waals surface area contributed by atoms with Gasteiger partial charge in [0.2, 0.25) is 0 Å². The fraction of sp³-hybridized carbons (Fsp3) is 0.273. The van der Waals surface area contributed by atoms with Gasteiger partial charge in [-0.05, 0) is 61.8 Å². The zero-order valence-electron chi connectivity index (χ0n) is 16.1. The maximum Gasteiger partial charge on any atom is 0.191 e. The van der Waals surface area contributed by atoms with Gasteiger partial charge in [-0.15, -0.1) is 0 Å². The Bertz CT molecular complexity index is 993. The van der Waals surface area contributed by atoms with Gasteiger partial charge in [-0.2, -0.15) is 0 Å². The van der Waals surface area contributed by atoms with Gasteiger partial charge < -0.3 is 19.8 Å². The number of benzene rings is 1. The highest BCUT2D eigenvalue weighted by Gasteiger charge is 2.20. The number of fused-ring (bicyclic) bond motifs is 1. The summed E-state index contributed by atoms with van der Waals surface area (Å²) in [6, 6.07) is 12.3. The third-order valence-electron chi connectivity index (χ3n) is 5.04. The van der Waals surface area contributed by atoms with Crippen molar-refractivity contribution >= 4 is 5.71 Å². The van der Waals surface area contributed by atoms with Crippen molar-refractivity contribution in [3.05, 3.63) is 59.9 Å². The maximum atomic E-state index is 9.17. The van der Waals surface area contributed by atoms with Crippen LogP contribution in [-0.2, 0) is 6.42 Å². The Hall–Kier alpha value is -3.12. The molecule has 0 saturated carbocycles. The Morgan fingerprint density at radius 3 is 2.64 bits per heavy atom. The molecule has 0 unspecified atom stereocenters. The molecule has 0 fully saturated rings. The lowest BCUT2D eigenvalue weighted by Crippen LogP contribution is -2.19. The summed E-state index contributed by atoms with van der Waals surface area (Å²) in [7, 11) is 4.06. The number of hydrogen-bond acceptors (Lipinski definition) is 5. The van der Waals surface area contributed by atoms with Gasteiger partial charge in [-0.3, -0.25) is 4.98 Å². The second-order valence-corrected chi connectivity index (χ2v) is 7.23. The van der Waals surface area contributed by atoms with E-state index in [0.29, 0.717) is 6.61 Å². The first kappa shape index (κ1) is 18.3. The van der Waals surface area contributed by atoms with E-state index in [1.165, 1.54) is 5.56 Å². The fourth-order valence-corrected chi connectivity index (χ4v) is 3.56. The second-order valence-electron chi connectivity index (χ2n) is 7.23. The van der Waals surface area contributed by atoms with Crippen LogP contribution in [0.2, 0.25) is 0 Å². The molecule has 0 spiro atoms. The predicted molar refractivity (Wildman–Crippen MR) is 110 cm³/mol. The van der Waals surface area contributed by atoms with Crippen molar-refractivity contribution in [1.82, 2.24) is 14.9 Å². The average molecular weight is 376 g/mol. The maximum absolute atomic E-state index is 9.17. The molecule has 0 amide bonds. The van der Waals surface area contributed by atoms with E-state index in [0.717, 1.165) is 58.9 Å². The van der Waals surface area contributed by atoms with Gasteiger partial charge in [0.25, 0.3) is 0 Å². The molecular formula is C22H24N4O2. The number of pyridine rings is 1. The van der Waals surface area contributed by atoms with E-state index in [2.05, 4.69) is 32.2 Å².